The van der Waals surface area contributed by atoms with Gasteiger partial charge in [0.2, 0.25) is 10.1 Å². The molecule has 0 saturated carbocycles. The predicted molar refractivity (Wildman–Crippen MR) is 78.1 cm³/mol. The molecule has 0 aliphatic heterocycles. The molecular weight excluding hydrogens is 274 g/mol. The number of rotatable bonds is 5. The average Bonchev–Trinajstić information content (AvgIpc) is 3.00. The summed E-state index contributed by atoms with van der Waals surface area (Å²) in [4.78, 5) is 0.713. The minimum Gasteiger partial charge on any atom is -0.493 e. The normalized spacial score (nSPS) is 11.1. The molecule has 3 rings (SSSR count). The Labute approximate surface area is 120 Å². The Hall–Kier alpha value is -2.15. The topological polar surface area (TPSA) is 78.3 Å². The minimum absolute atomic E-state index is 0.493. The number of anilines is 1. The smallest absolute Gasteiger partial charge is 0.236 e. The molecule has 2 aromatic heterocycles. The molecule has 0 amide bonds. The zero-order valence-electron chi connectivity index (χ0n) is 11.1. The molecule has 7 heteroatoms. The summed E-state index contributed by atoms with van der Waals surface area (Å²) in [5.74, 6) is 1.62. The quantitative estimate of drug-likeness (QED) is 0.776. The van der Waals surface area contributed by atoms with Crippen molar-refractivity contribution < 1.29 is 4.74 Å². The van der Waals surface area contributed by atoms with Crippen LogP contribution in [0.2, 0.25) is 0 Å². The molecule has 20 heavy (non-hydrogen) atoms. The van der Waals surface area contributed by atoms with Gasteiger partial charge in [0.25, 0.3) is 0 Å². The summed E-state index contributed by atoms with van der Waals surface area (Å²) < 4.78 is 7.37. The van der Waals surface area contributed by atoms with Crippen LogP contribution < -0.4 is 10.5 Å². The highest BCUT2D eigenvalue weighted by atomic mass is 32.1. The van der Waals surface area contributed by atoms with E-state index in [1.54, 1.807) is 4.52 Å². The van der Waals surface area contributed by atoms with E-state index in [1.807, 2.05) is 12.1 Å². The Balaban J connectivity index is 1.61. The van der Waals surface area contributed by atoms with Crippen LogP contribution in [0.15, 0.2) is 24.3 Å². The second-order valence-electron chi connectivity index (χ2n) is 4.35. The van der Waals surface area contributed by atoms with Crippen molar-refractivity contribution in [2.45, 2.75) is 19.8 Å². The highest BCUT2D eigenvalue weighted by Crippen LogP contribution is 2.16. The number of nitrogens with zero attached hydrogens (tertiary/aromatic N) is 4. The van der Waals surface area contributed by atoms with Crippen LogP contribution in [-0.2, 0) is 12.8 Å². The summed E-state index contributed by atoms with van der Waals surface area (Å²) >= 11 is 1.32. The molecule has 0 unspecified atom stereocenters. The lowest BCUT2D eigenvalue weighted by Crippen LogP contribution is -2.05. The second-order valence-corrected chi connectivity index (χ2v) is 5.33. The van der Waals surface area contributed by atoms with Gasteiger partial charge in [0.1, 0.15) is 5.75 Å². The van der Waals surface area contributed by atoms with Gasteiger partial charge in [-0.3, -0.25) is 0 Å². The zero-order chi connectivity index (χ0) is 13.9. The summed E-state index contributed by atoms with van der Waals surface area (Å²) in [6, 6.07) is 8.12. The van der Waals surface area contributed by atoms with Gasteiger partial charge in [0, 0.05) is 6.42 Å². The van der Waals surface area contributed by atoms with Crippen LogP contribution in [0, 0.1) is 0 Å². The van der Waals surface area contributed by atoms with E-state index in [4.69, 9.17) is 10.5 Å². The maximum atomic E-state index is 5.70. The molecule has 0 radical (unpaired) electrons. The van der Waals surface area contributed by atoms with Crippen molar-refractivity contribution in [3.63, 3.8) is 0 Å². The maximum Gasteiger partial charge on any atom is 0.236 e. The first-order chi connectivity index (χ1) is 9.76. The summed E-state index contributed by atoms with van der Waals surface area (Å²) in [6.07, 6.45) is 1.67. The number of nitrogen functional groups attached to an aromatic ring is 1. The summed E-state index contributed by atoms with van der Waals surface area (Å²) in [6.45, 7) is 2.66. The van der Waals surface area contributed by atoms with E-state index in [-0.39, 0.29) is 0 Å². The van der Waals surface area contributed by atoms with Crippen LogP contribution in [0.5, 0.6) is 5.75 Å². The highest BCUT2D eigenvalue weighted by molar-refractivity contribution is 7.20. The first kappa shape index (κ1) is 12.9. The fourth-order valence-electron chi connectivity index (χ4n) is 1.91. The molecule has 1 aromatic carbocycles. The van der Waals surface area contributed by atoms with Crippen LogP contribution in [0.25, 0.3) is 4.96 Å². The summed E-state index contributed by atoms with van der Waals surface area (Å²) in [5.41, 5.74) is 6.94. The zero-order valence-corrected chi connectivity index (χ0v) is 11.9. The Bertz CT molecular complexity index is 703. The average molecular weight is 289 g/mol. The van der Waals surface area contributed by atoms with Gasteiger partial charge in [0.05, 0.1) is 6.61 Å². The SMILES string of the molecule is CCc1ccc(OCCc2nnc3sc(N)nn23)cc1. The molecule has 104 valence electrons. The Kier molecular flexibility index (Phi) is 3.51. The monoisotopic (exact) mass is 289 g/mol. The lowest BCUT2D eigenvalue weighted by atomic mass is 10.2. The van der Waals surface area contributed by atoms with Crippen molar-refractivity contribution in [3.8, 4) is 5.75 Å². The molecular formula is C13H15N5OS. The van der Waals surface area contributed by atoms with Crippen LogP contribution in [0.3, 0.4) is 0 Å². The van der Waals surface area contributed by atoms with E-state index in [1.165, 1.54) is 16.9 Å². The number of fused-ring (bicyclic) bond motifs is 1. The fraction of sp³-hybridized carbons (Fsp3) is 0.308. The van der Waals surface area contributed by atoms with Gasteiger partial charge in [-0.1, -0.05) is 30.4 Å². The van der Waals surface area contributed by atoms with Gasteiger partial charge in [0.15, 0.2) is 5.82 Å². The van der Waals surface area contributed by atoms with Crippen LogP contribution >= 0.6 is 11.3 Å². The van der Waals surface area contributed by atoms with Gasteiger partial charge in [-0.05, 0) is 24.1 Å². The van der Waals surface area contributed by atoms with Crippen molar-refractivity contribution >= 4 is 21.4 Å². The number of benzene rings is 1. The van der Waals surface area contributed by atoms with Gasteiger partial charge < -0.3 is 10.5 Å². The Morgan fingerprint density at radius 3 is 2.80 bits per heavy atom. The third-order valence-electron chi connectivity index (χ3n) is 3.00. The van der Waals surface area contributed by atoms with Crippen molar-refractivity contribution in [2.24, 2.45) is 0 Å². The molecule has 0 spiro atoms. The van der Waals surface area contributed by atoms with E-state index in [2.05, 4.69) is 34.4 Å². The summed E-state index contributed by atoms with van der Waals surface area (Å²) in [7, 11) is 0. The third kappa shape index (κ3) is 2.57. The van der Waals surface area contributed by atoms with Crippen molar-refractivity contribution in [2.75, 3.05) is 12.3 Å². The molecule has 0 bridgehead atoms. The molecule has 2 heterocycles. The maximum absolute atomic E-state index is 5.70. The Morgan fingerprint density at radius 2 is 2.05 bits per heavy atom. The van der Waals surface area contributed by atoms with E-state index < -0.39 is 0 Å². The number of hydrogen-bond acceptors (Lipinski definition) is 6. The predicted octanol–water partition coefficient (Wildman–Crippen LogP) is 1.95. The van der Waals surface area contributed by atoms with E-state index in [9.17, 15) is 0 Å². The lowest BCUT2D eigenvalue weighted by Gasteiger charge is -2.05. The van der Waals surface area contributed by atoms with E-state index >= 15 is 0 Å². The highest BCUT2D eigenvalue weighted by Gasteiger charge is 2.09. The largest absolute Gasteiger partial charge is 0.493 e. The van der Waals surface area contributed by atoms with Gasteiger partial charge in [-0.25, -0.2) is 0 Å². The van der Waals surface area contributed by atoms with Crippen LogP contribution in [0.1, 0.15) is 18.3 Å². The number of ether oxygens (including phenoxy) is 1. The van der Waals surface area contributed by atoms with Crippen LogP contribution in [-0.4, -0.2) is 26.4 Å². The Morgan fingerprint density at radius 1 is 1.25 bits per heavy atom. The van der Waals surface area contributed by atoms with E-state index in [0.29, 0.717) is 23.1 Å². The van der Waals surface area contributed by atoms with Crippen LogP contribution in [0.4, 0.5) is 5.13 Å². The minimum atomic E-state index is 0.493. The first-order valence-electron chi connectivity index (χ1n) is 6.44. The summed E-state index contributed by atoms with van der Waals surface area (Å²) in [5, 5.41) is 12.7. The molecule has 0 saturated heterocycles. The van der Waals surface area contributed by atoms with Crippen molar-refractivity contribution in [3.05, 3.63) is 35.7 Å². The molecule has 0 fully saturated rings. The van der Waals surface area contributed by atoms with Gasteiger partial charge in [-0.15, -0.1) is 15.3 Å². The van der Waals surface area contributed by atoms with E-state index in [0.717, 1.165) is 18.0 Å². The first-order valence-corrected chi connectivity index (χ1v) is 7.26. The lowest BCUT2D eigenvalue weighted by molar-refractivity contribution is 0.318. The fourth-order valence-corrected chi connectivity index (χ4v) is 2.53. The number of nitrogens with two attached hydrogens (primary N) is 1. The molecule has 0 aliphatic rings. The third-order valence-corrected chi connectivity index (χ3v) is 3.73. The number of aryl methyl sites for hydroxylation is 1. The van der Waals surface area contributed by atoms with Crippen molar-refractivity contribution in [1.29, 1.82) is 0 Å². The molecule has 0 atom stereocenters. The van der Waals surface area contributed by atoms with Gasteiger partial charge >= 0.3 is 0 Å². The standard InChI is InChI=1S/C13H15N5OS/c1-2-9-3-5-10(6-4-9)19-8-7-11-15-16-13-18(11)17-12(14)20-13/h3-6H,2,7-8H2,1H3,(H2,14,17). The molecule has 6 nitrogen and oxygen atoms in total. The molecule has 0 aliphatic carbocycles. The second kappa shape index (κ2) is 5.46. The van der Waals surface area contributed by atoms with Gasteiger partial charge in [-0.2, -0.15) is 4.52 Å². The van der Waals surface area contributed by atoms with Crippen molar-refractivity contribution in [1.82, 2.24) is 19.8 Å². The number of hydrogen-bond donors (Lipinski definition) is 1. The molecule has 3 aromatic rings. The number of aromatic nitrogens is 4. The molecule has 2 N–H and O–H groups in total.